The van der Waals surface area contributed by atoms with E-state index in [4.69, 9.17) is 0 Å². The number of nitrogens with one attached hydrogen (secondary N) is 1. The van der Waals surface area contributed by atoms with Crippen LogP contribution < -0.4 is 10.9 Å². The van der Waals surface area contributed by atoms with Crippen LogP contribution in [0.1, 0.15) is 21.6 Å². The molecule has 0 saturated carbocycles. The Balaban J connectivity index is 2.07. The highest BCUT2D eigenvalue weighted by molar-refractivity contribution is 6.04. The van der Waals surface area contributed by atoms with Crippen LogP contribution in [0.25, 0.3) is 5.65 Å². The molecule has 5 nitrogen and oxygen atoms in total. The highest BCUT2D eigenvalue weighted by Gasteiger charge is 2.16. The molecule has 0 saturated heterocycles. The number of carbonyl (C=O) groups excluding carboxylic acids is 1. The quantitative estimate of drug-likeness (QED) is 0.791. The molecule has 0 unspecified atom stereocenters. The maximum absolute atomic E-state index is 13.7. The molecule has 2 heterocycles. The lowest BCUT2D eigenvalue weighted by molar-refractivity contribution is 0.102. The Kier molecular flexibility index (Phi) is 3.65. The number of anilines is 1. The fraction of sp³-hybridized carbons (Fsp3) is 0.118. The topological polar surface area (TPSA) is 63.5 Å². The van der Waals surface area contributed by atoms with E-state index in [1.54, 1.807) is 31.3 Å². The molecule has 1 N–H and O–H groups in total. The van der Waals surface area contributed by atoms with Crippen molar-refractivity contribution in [2.75, 3.05) is 5.32 Å². The second-order valence-electron chi connectivity index (χ2n) is 5.24. The molecular weight excluding hydrogens is 297 g/mol. The van der Waals surface area contributed by atoms with Crippen molar-refractivity contribution >= 4 is 17.2 Å². The summed E-state index contributed by atoms with van der Waals surface area (Å²) < 4.78 is 15.0. The number of aromatic nitrogens is 2. The molecule has 0 aliphatic rings. The van der Waals surface area contributed by atoms with Gasteiger partial charge in [-0.15, -0.1) is 0 Å². The van der Waals surface area contributed by atoms with Gasteiger partial charge in [0.25, 0.3) is 11.5 Å². The largest absolute Gasteiger partial charge is 0.316 e. The summed E-state index contributed by atoms with van der Waals surface area (Å²) in [6.45, 7) is 3.52. The second kappa shape index (κ2) is 5.64. The first-order valence-corrected chi connectivity index (χ1v) is 7.03. The van der Waals surface area contributed by atoms with Gasteiger partial charge in [0.2, 0.25) is 0 Å². The minimum absolute atomic E-state index is 0.0413. The third kappa shape index (κ3) is 2.70. The normalized spacial score (nSPS) is 10.7. The number of benzene rings is 1. The van der Waals surface area contributed by atoms with Gasteiger partial charge in [-0.05, 0) is 43.7 Å². The van der Waals surface area contributed by atoms with Crippen molar-refractivity contribution < 1.29 is 9.18 Å². The number of halogens is 1. The molecule has 2 aromatic heterocycles. The zero-order valence-electron chi connectivity index (χ0n) is 12.6. The maximum atomic E-state index is 13.7. The van der Waals surface area contributed by atoms with E-state index in [0.29, 0.717) is 11.3 Å². The maximum Gasteiger partial charge on any atom is 0.281 e. The average molecular weight is 311 g/mol. The molecule has 1 amide bonds. The van der Waals surface area contributed by atoms with Crippen LogP contribution in [-0.2, 0) is 0 Å². The number of carbonyl (C=O) groups is 1. The zero-order chi connectivity index (χ0) is 16.6. The van der Waals surface area contributed by atoms with Crippen molar-refractivity contribution in [3.63, 3.8) is 0 Å². The number of aryl methyl sites for hydroxylation is 2. The van der Waals surface area contributed by atoms with Gasteiger partial charge in [-0.3, -0.25) is 14.0 Å². The molecule has 0 aliphatic carbocycles. The molecule has 116 valence electrons. The van der Waals surface area contributed by atoms with Crippen LogP contribution in [0.3, 0.4) is 0 Å². The number of nitrogens with zero attached hydrogens (tertiary/aromatic N) is 2. The highest BCUT2D eigenvalue weighted by atomic mass is 19.1. The molecule has 6 heteroatoms. The molecule has 23 heavy (non-hydrogen) atoms. The van der Waals surface area contributed by atoms with E-state index in [1.807, 2.05) is 6.92 Å². The third-order valence-corrected chi connectivity index (χ3v) is 3.52. The summed E-state index contributed by atoms with van der Waals surface area (Å²) in [5.41, 5.74) is 1.36. The molecule has 0 fully saturated rings. The van der Waals surface area contributed by atoms with Gasteiger partial charge in [-0.2, -0.15) is 0 Å². The Morgan fingerprint density at radius 1 is 1.22 bits per heavy atom. The van der Waals surface area contributed by atoms with E-state index < -0.39 is 17.3 Å². The van der Waals surface area contributed by atoms with Crippen LogP contribution in [0.2, 0.25) is 0 Å². The van der Waals surface area contributed by atoms with Crippen molar-refractivity contribution in [3.8, 4) is 0 Å². The lowest BCUT2D eigenvalue weighted by Crippen LogP contribution is -2.25. The molecule has 0 bridgehead atoms. The number of hydrogen-bond donors (Lipinski definition) is 1. The van der Waals surface area contributed by atoms with Gasteiger partial charge in [-0.25, -0.2) is 9.37 Å². The zero-order valence-corrected chi connectivity index (χ0v) is 12.6. The van der Waals surface area contributed by atoms with Gasteiger partial charge in [0.1, 0.15) is 17.2 Å². The number of fused-ring (bicyclic) bond motifs is 1. The average Bonchev–Trinajstić information content (AvgIpc) is 2.51. The van der Waals surface area contributed by atoms with Crippen molar-refractivity contribution in [3.05, 3.63) is 75.6 Å². The fourth-order valence-corrected chi connectivity index (χ4v) is 2.32. The van der Waals surface area contributed by atoms with E-state index in [1.165, 1.54) is 22.6 Å². The van der Waals surface area contributed by atoms with Crippen LogP contribution in [0.5, 0.6) is 0 Å². The fourth-order valence-electron chi connectivity index (χ4n) is 2.32. The molecule has 0 spiro atoms. The van der Waals surface area contributed by atoms with Gasteiger partial charge in [-0.1, -0.05) is 12.1 Å². The lowest BCUT2D eigenvalue weighted by atomic mass is 10.2. The van der Waals surface area contributed by atoms with Gasteiger partial charge in [0.15, 0.2) is 0 Å². The van der Waals surface area contributed by atoms with Crippen LogP contribution in [0, 0.1) is 19.7 Å². The molecule has 0 aliphatic heterocycles. The van der Waals surface area contributed by atoms with Gasteiger partial charge < -0.3 is 5.32 Å². The third-order valence-electron chi connectivity index (χ3n) is 3.52. The Morgan fingerprint density at radius 2 is 1.96 bits per heavy atom. The van der Waals surface area contributed by atoms with Gasteiger partial charge in [0, 0.05) is 6.20 Å². The SMILES string of the molecule is Cc1ccn2c(=O)c(NC(=O)c3ccccc3F)c(C)nc2c1. The van der Waals surface area contributed by atoms with Gasteiger partial charge >= 0.3 is 0 Å². The lowest BCUT2D eigenvalue weighted by Gasteiger charge is -2.10. The summed E-state index contributed by atoms with van der Waals surface area (Å²) >= 11 is 0. The molecule has 3 aromatic rings. The minimum atomic E-state index is -0.683. The van der Waals surface area contributed by atoms with E-state index in [-0.39, 0.29) is 11.3 Å². The van der Waals surface area contributed by atoms with E-state index in [9.17, 15) is 14.0 Å². The molecule has 1 aromatic carbocycles. The van der Waals surface area contributed by atoms with Crippen molar-refractivity contribution in [2.45, 2.75) is 13.8 Å². The molecular formula is C17H14FN3O2. The monoisotopic (exact) mass is 311 g/mol. The smallest absolute Gasteiger partial charge is 0.281 e. The Morgan fingerprint density at radius 3 is 2.70 bits per heavy atom. The van der Waals surface area contributed by atoms with Crippen LogP contribution >= 0.6 is 0 Å². The molecule has 0 atom stereocenters. The predicted molar refractivity (Wildman–Crippen MR) is 85.3 cm³/mol. The van der Waals surface area contributed by atoms with E-state index in [2.05, 4.69) is 10.3 Å². The van der Waals surface area contributed by atoms with Crippen LogP contribution in [0.4, 0.5) is 10.1 Å². The first kappa shape index (κ1) is 14.9. The second-order valence-corrected chi connectivity index (χ2v) is 5.24. The molecule has 3 rings (SSSR count). The summed E-state index contributed by atoms with van der Waals surface area (Å²) in [5.74, 6) is -1.33. The summed E-state index contributed by atoms with van der Waals surface area (Å²) in [4.78, 5) is 29.1. The Bertz CT molecular complexity index is 979. The van der Waals surface area contributed by atoms with Crippen LogP contribution in [-0.4, -0.2) is 15.3 Å². The first-order chi connectivity index (χ1) is 11.0. The van der Waals surface area contributed by atoms with Gasteiger partial charge in [0.05, 0.1) is 11.3 Å². The highest BCUT2D eigenvalue weighted by Crippen LogP contribution is 2.13. The number of rotatable bonds is 2. The summed E-state index contributed by atoms with van der Waals surface area (Å²) in [5, 5.41) is 2.47. The van der Waals surface area contributed by atoms with E-state index in [0.717, 1.165) is 5.56 Å². The van der Waals surface area contributed by atoms with Crippen LogP contribution in [0.15, 0.2) is 47.4 Å². The Labute approximate surface area is 131 Å². The summed E-state index contributed by atoms with van der Waals surface area (Å²) in [6, 6.07) is 9.14. The minimum Gasteiger partial charge on any atom is -0.316 e. The number of pyridine rings is 1. The first-order valence-electron chi connectivity index (χ1n) is 7.03. The standard InChI is InChI=1S/C17H14FN3O2/c1-10-7-8-21-14(9-10)19-11(2)15(17(21)23)20-16(22)12-5-3-4-6-13(12)18/h3-9H,1-2H3,(H,20,22). The van der Waals surface area contributed by atoms with Crippen molar-refractivity contribution in [1.82, 2.24) is 9.38 Å². The van der Waals surface area contributed by atoms with Crippen molar-refractivity contribution in [1.29, 1.82) is 0 Å². The molecule has 0 radical (unpaired) electrons. The number of amides is 1. The number of hydrogen-bond acceptors (Lipinski definition) is 3. The summed E-state index contributed by atoms with van der Waals surface area (Å²) in [6.07, 6.45) is 1.60. The summed E-state index contributed by atoms with van der Waals surface area (Å²) in [7, 11) is 0. The Hall–Kier alpha value is -3.02. The van der Waals surface area contributed by atoms with Crippen molar-refractivity contribution in [2.24, 2.45) is 0 Å². The predicted octanol–water partition coefficient (Wildman–Crippen LogP) is 2.70. The van der Waals surface area contributed by atoms with E-state index >= 15 is 0 Å².